The Morgan fingerprint density at radius 2 is 1.43 bits per heavy atom. The summed E-state index contributed by atoms with van der Waals surface area (Å²) < 4.78 is 0. The summed E-state index contributed by atoms with van der Waals surface area (Å²) in [6.45, 7) is 0. The van der Waals surface area contributed by atoms with Crippen molar-refractivity contribution >= 4 is 46.5 Å². The molecule has 0 aliphatic carbocycles. The van der Waals surface area contributed by atoms with Crippen LogP contribution in [0.5, 0.6) is 0 Å². The molecule has 0 heterocycles. The highest BCUT2D eigenvalue weighted by Gasteiger charge is 2.11. The van der Waals surface area contributed by atoms with Crippen LogP contribution < -0.4 is 11.5 Å². The molecular weight excluding hydrogens is 343 g/mol. The van der Waals surface area contributed by atoms with E-state index < -0.39 is 11.9 Å². The van der Waals surface area contributed by atoms with Gasteiger partial charge in [-0.05, 0) is 24.3 Å². The monoisotopic (exact) mass is 358 g/mol. The molecule has 0 aliphatic rings. The lowest BCUT2D eigenvalue weighted by molar-refractivity contribution is 0.0687. The normalized spacial score (nSPS) is 9.13. The third-order valence-electron chi connectivity index (χ3n) is 2.52. The Morgan fingerprint density at radius 3 is 1.87 bits per heavy atom. The summed E-state index contributed by atoms with van der Waals surface area (Å²) in [6, 6.07) is 9.01. The molecule has 2 aromatic carbocycles. The molecule has 0 aliphatic heterocycles. The highest BCUT2D eigenvalue weighted by atomic mass is 35.5. The van der Waals surface area contributed by atoms with Gasteiger partial charge in [0.05, 0.1) is 21.8 Å². The van der Waals surface area contributed by atoms with E-state index in [0.717, 1.165) is 0 Å². The van der Waals surface area contributed by atoms with Crippen molar-refractivity contribution < 1.29 is 19.8 Å². The molecule has 0 saturated heterocycles. The number of carboxylic acids is 2. The molecule has 0 fully saturated rings. The SMILES string of the molecule is C.Nc1c(Cl)cc(Cl)cc1C(=O)O.Nc1ccccc1C(=O)O. The predicted octanol–water partition coefficient (Wildman–Crippen LogP) is 3.88. The highest BCUT2D eigenvalue weighted by Crippen LogP contribution is 2.27. The number of halogens is 2. The van der Waals surface area contributed by atoms with Crippen molar-refractivity contribution in [3.05, 3.63) is 57.6 Å². The van der Waals surface area contributed by atoms with Crippen molar-refractivity contribution in [1.29, 1.82) is 0 Å². The fourth-order valence-electron chi connectivity index (χ4n) is 1.45. The lowest BCUT2D eigenvalue weighted by Crippen LogP contribution is -2.02. The standard InChI is InChI=1S/C7H5Cl2NO2.C7H7NO2.CH4/c8-3-1-4(7(11)12)6(10)5(9)2-3;8-6-4-2-1-3-5(6)7(9)10;/h1-2H,10H2,(H,11,12);1-4H,8H2,(H,9,10);1H4. The summed E-state index contributed by atoms with van der Waals surface area (Å²) in [5.41, 5.74) is 11.1. The molecule has 6 N–H and O–H groups in total. The average molecular weight is 359 g/mol. The number of aromatic carboxylic acids is 2. The Balaban J connectivity index is 0.000000409. The molecule has 124 valence electrons. The van der Waals surface area contributed by atoms with E-state index in [0.29, 0.717) is 5.69 Å². The summed E-state index contributed by atoms with van der Waals surface area (Å²) in [5, 5.41) is 17.5. The summed E-state index contributed by atoms with van der Waals surface area (Å²) in [6.07, 6.45) is 0. The van der Waals surface area contributed by atoms with Crippen molar-refractivity contribution in [3.8, 4) is 0 Å². The molecule has 0 amide bonds. The van der Waals surface area contributed by atoms with Crippen LogP contribution in [-0.2, 0) is 0 Å². The number of hydrogen-bond acceptors (Lipinski definition) is 4. The maximum Gasteiger partial charge on any atom is 0.337 e. The summed E-state index contributed by atoms with van der Waals surface area (Å²) in [7, 11) is 0. The summed E-state index contributed by atoms with van der Waals surface area (Å²) in [5.74, 6) is -2.13. The number of carbonyl (C=O) groups is 2. The van der Waals surface area contributed by atoms with Crippen LogP contribution >= 0.6 is 23.2 Å². The van der Waals surface area contributed by atoms with E-state index in [2.05, 4.69) is 0 Å². The number of anilines is 2. The van der Waals surface area contributed by atoms with Gasteiger partial charge in [0.25, 0.3) is 0 Å². The minimum absolute atomic E-state index is 0. The van der Waals surface area contributed by atoms with E-state index in [1.807, 2.05) is 0 Å². The molecule has 0 saturated carbocycles. The molecule has 2 aromatic rings. The van der Waals surface area contributed by atoms with Gasteiger partial charge in [0, 0.05) is 10.7 Å². The lowest BCUT2D eigenvalue weighted by atomic mass is 10.2. The largest absolute Gasteiger partial charge is 0.478 e. The molecule has 0 spiro atoms. The molecule has 0 unspecified atom stereocenters. The van der Waals surface area contributed by atoms with Crippen LogP contribution in [-0.4, -0.2) is 22.2 Å². The predicted molar refractivity (Wildman–Crippen MR) is 92.4 cm³/mol. The van der Waals surface area contributed by atoms with E-state index in [4.69, 9.17) is 44.9 Å². The van der Waals surface area contributed by atoms with Gasteiger partial charge in [0.2, 0.25) is 0 Å². The average Bonchev–Trinajstić information content (AvgIpc) is 2.43. The molecule has 0 bridgehead atoms. The van der Waals surface area contributed by atoms with Crippen LogP contribution in [0, 0.1) is 0 Å². The van der Waals surface area contributed by atoms with Gasteiger partial charge in [-0.1, -0.05) is 42.8 Å². The fourth-order valence-corrected chi connectivity index (χ4v) is 1.95. The molecular formula is C15H16Cl2N2O4. The minimum Gasteiger partial charge on any atom is -0.478 e. The van der Waals surface area contributed by atoms with Crippen molar-refractivity contribution in [1.82, 2.24) is 0 Å². The quantitative estimate of drug-likeness (QED) is 0.603. The van der Waals surface area contributed by atoms with Gasteiger partial charge in [-0.15, -0.1) is 0 Å². The Kier molecular flexibility index (Phi) is 7.93. The topological polar surface area (TPSA) is 127 Å². The van der Waals surface area contributed by atoms with Gasteiger partial charge in [0.1, 0.15) is 0 Å². The van der Waals surface area contributed by atoms with Crippen molar-refractivity contribution in [2.75, 3.05) is 11.5 Å². The minimum atomic E-state index is -1.14. The fraction of sp³-hybridized carbons (Fsp3) is 0.0667. The number of nitrogens with two attached hydrogens (primary N) is 2. The van der Waals surface area contributed by atoms with E-state index in [-0.39, 0.29) is 34.3 Å². The van der Waals surface area contributed by atoms with Crippen LogP contribution in [0.2, 0.25) is 10.0 Å². The Labute approximate surface area is 143 Å². The zero-order chi connectivity index (χ0) is 16.9. The van der Waals surface area contributed by atoms with E-state index in [1.54, 1.807) is 18.2 Å². The molecule has 0 radical (unpaired) electrons. The Bertz CT molecular complexity index is 721. The first-order chi connectivity index (χ1) is 10.2. The van der Waals surface area contributed by atoms with Gasteiger partial charge in [-0.2, -0.15) is 0 Å². The van der Waals surface area contributed by atoms with Gasteiger partial charge < -0.3 is 21.7 Å². The molecule has 0 aromatic heterocycles. The number of nitrogen functional groups attached to an aromatic ring is 2. The van der Waals surface area contributed by atoms with Crippen LogP contribution in [0.15, 0.2) is 36.4 Å². The van der Waals surface area contributed by atoms with Gasteiger partial charge >= 0.3 is 11.9 Å². The first-order valence-corrected chi connectivity index (χ1v) is 6.55. The lowest BCUT2D eigenvalue weighted by Gasteiger charge is -2.02. The molecule has 2 rings (SSSR count). The first-order valence-electron chi connectivity index (χ1n) is 5.79. The summed E-state index contributed by atoms with van der Waals surface area (Å²) >= 11 is 11.2. The zero-order valence-electron chi connectivity index (χ0n) is 11.1. The van der Waals surface area contributed by atoms with Crippen molar-refractivity contribution in [2.24, 2.45) is 0 Å². The number of hydrogen-bond donors (Lipinski definition) is 4. The molecule has 0 atom stereocenters. The van der Waals surface area contributed by atoms with Crippen LogP contribution in [0.25, 0.3) is 0 Å². The smallest absolute Gasteiger partial charge is 0.337 e. The van der Waals surface area contributed by atoms with Crippen LogP contribution in [0.1, 0.15) is 28.1 Å². The number of benzene rings is 2. The maximum atomic E-state index is 10.5. The molecule has 23 heavy (non-hydrogen) atoms. The van der Waals surface area contributed by atoms with E-state index >= 15 is 0 Å². The van der Waals surface area contributed by atoms with Crippen molar-refractivity contribution in [3.63, 3.8) is 0 Å². The number of para-hydroxylation sites is 1. The van der Waals surface area contributed by atoms with Crippen molar-refractivity contribution in [2.45, 2.75) is 7.43 Å². The first kappa shape index (κ1) is 20.6. The Morgan fingerprint density at radius 1 is 0.913 bits per heavy atom. The second-order valence-corrected chi connectivity index (χ2v) is 4.89. The second-order valence-electron chi connectivity index (χ2n) is 4.05. The third-order valence-corrected chi connectivity index (χ3v) is 3.05. The zero-order valence-corrected chi connectivity index (χ0v) is 12.6. The van der Waals surface area contributed by atoms with Crippen LogP contribution in [0.4, 0.5) is 11.4 Å². The van der Waals surface area contributed by atoms with E-state index in [1.165, 1.54) is 18.2 Å². The van der Waals surface area contributed by atoms with Crippen LogP contribution in [0.3, 0.4) is 0 Å². The van der Waals surface area contributed by atoms with Gasteiger partial charge in [-0.25, -0.2) is 9.59 Å². The highest BCUT2D eigenvalue weighted by molar-refractivity contribution is 6.37. The van der Waals surface area contributed by atoms with Gasteiger partial charge in [-0.3, -0.25) is 0 Å². The molecule has 8 heteroatoms. The molecule has 6 nitrogen and oxygen atoms in total. The number of carboxylic acid groups (broad SMARTS) is 2. The summed E-state index contributed by atoms with van der Waals surface area (Å²) in [4.78, 5) is 20.9. The second kappa shape index (κ2) is 8.87. The number of rotatable bonds is 2. The van der Waals surface area contributed by atoms with Gasteiger partial charge in [0.15, 0.2) is 0 Å². The maximum absolute atomic E-state index is 10.5. The van der Waals surface area contributed by atoms with E-state index in [9.17, 15) is 9.59 Å². The Hall–Kier alpha value is -2.44. The third kappa shape index (κ3) is 5.69.